The van der Waals surface area contributed by atoms with Crippen molar-refractivity contribution >= 4 is 10.9 Å². The van der Waals surface area contributed by atoms with Gasteiger partial charge in [-0.15, -0.1) is 0 Å². The van der Waals surface area contributed by atoms with Crippen molar-refractivity contribution < 1.29 is 9.52 Å². The molecule has 4 rings (SSSR count). The zero-order valence-corrected chi connectivity index (χ0v) is 13.4. The van der Waals surface area contributed by atoms with Gasteiger partial charge in [-0.2, -0.15) is 0 Å². The molecule has 2 aromatic heterocycles. The van der Waals surface area contributed by atoms with Gasteiger partial charge < -0.3 is 19.4 Å². The van der Waals surface area contributed by atoms with Gasteiger partial charge in [0, 0.05) is 28.7 Å². The second-order valence-corrected chi connectivity index (χ2v) is 6.48. The second-order valence-electron chi connectivity index (χ2n) is 6.48. The molecule has 1 aliphatic heterocycles. The van der Waals surface area contributed by atoms with Gasteiger partial charge in [0.25, 0.3) is 0 Å². The number of hydrogen-bond acceptors (Lipinski definition) is 3. The maximum absolute atomic E-state index is 9.16. The van der Waals surface area contributed by atoms with Crippen molar-refractivity contribution in [3.63, 3.8) is 0 Å². The highest BCUT2D eigenvalue weighted by Crippen LogP contribution is 2.29. The first-order valence-electron chi connectivity index (χ1n) is 8.25. The molecule has 3 aromatic rings. The monoisotopic (exact) mass is 310 g/mol. The van der Waals surface area contributed by atoms with E-state index in [9.17, 15) is 0 Å². The number of fused-ring (bicyclic) bond motifs is 1. The van der Waals surface area contributed by atoms with Crippen LogP contribution in [0.3, 0.4) is 0 Å². The predicted molar refractivity (Wildman–Crippen MR) is 91.3 cm³/mol. The van der Waals surface area contributed by atoms with Gasteiger partial charge in [-0.1, -0.05) is 0 Å². The van der Waals surface area contributed by atoms with Crippen molar-refractivity contribution in [2.24, 2.45) is 0 Å². The minimum Gasteiger partial charge on any atom is -0.459 e. The van der Waals surface area contributed by atoms with Crippen LogP contribution >= 0.6 is 0 Å². The highest BCUT2D eigenvalue weighted by atomic mass is 16.4. The fourth-order valence-corrected chi connectivity index (χ4v) is 3.61. The Bertz CT molecular complexity index is 818. The molecule has 4 heteroatoms. The number of furan rings is 1. The van der Waals surface area contributed by atoms with E-state index >= 15 is 0 Å². The summed E-state index contributed by atoms with van der Waals surface area (Å²) in [6.45, 7) is 1.14. The highest BCUT2D eigenvalue weighted by molar-refractivity contribution is 5.87. The number of hydrogen-bond donors (Lipinski definition) is 2. The Kier molecular flexibility index (Phi) is 3.71. The predicted octanol–water partition coefficient (Wildman–Crippen LogP) is 3.56. The Hall–Kier alpha value is -2.04. The van der Waals surface area contributed by atoms with Crippen molar-refractivity contribution in [2.75, 3.05) is 13.6 Å². The quantitative estimate of drug-likeness (QED) is 0.775. The molecule has 1 aliphatic rings. The number of aliphatic hydroxyl groups is 1. The van der Waals surface area contributed by atoms with Crippen molar-refractivity contribution in [3.05, 3.63) is 47.9 Å². The molecule has 1 fully saturated rings. The third-order valence-corrected chi connectivity index (χ3v) is 5.00. The molecule has 0 spiro atoms. The number of likely N-dealkylation sites (tertiary alicyclic amines) is 1. The van der Waals surface area contributed by atoms with Crippen molar-refractivity contribution in [1.29, 1.82) is 0 Å². The SMILES string of the molecule is CN1CCC[C@@H]1Cc1c[nH]c2ccc(-c3ccc(CO)o3)cc12. The van der Waals surface area contributed by atoms with Crippen molar-refractivity contribution in [1.82, 2.24) is 9.88 Å². The summed E-state index contributed by atoms with van der Waals surface area (Å²) in [6.07, 6.45) is 5.80. The molecule has 0 saturated carbocycles. The smallest absolute Gasteiger partial charge is 0.134 e. The number of aromatic nitrogens is 1. The average Bonchev–Trinajstić information content (AvgIpc) is 3.28. The number of H-pyrrole nitrogens is 1. The van der Waals surface area contributed by atoms with Gasteiger partial charge >= 0.3 is 0 Å². The maximum Gasteiger partial charge on any atom is 0.134 e. The molecule has 23 heavy (non-hydrogen) atoms. The number of aromatic amines is 1. The number of rotatable bonds is 4. The van der Waals surface area contributed by atoms with Gasteiger partial charge in [0.15, 0.2) is 0 Å². The molecule has 1 saturated heterocycles. The summed E-state index contributed by atoms with van der Waals surface area (Å²) in [5, 5.41) is 10.4. The Morgan fingerprint density at radius 2 is 2.22 bits per heavy atom. The molecule has 1 aromatic carbocycles. The lowest BCUT2D eigenvalue weighted by atomic mass is 10.0. The molecule has 0 radical (unpaired) electrons. The lowest BCUT2D eigenvalue weighted by molar-refractivity contribution is 0.248. The van der Waals surface area contributed by atoms with E-state index < -0.39 is 0 Å². The summed E-state index contributed by atoms with van der Waals surface area (Å²) in [5.74, 6) is 1.41. The van der Waals surface area contributed by atoms with Crippen LogP contribution in [0.4, 0.5) is 0 Å². The fourth-order valence-electron chi connectivity index (χ4n) is 3.61. The lowest BCUT2D eigenvalue weighted by Crippen LogP contribution is -2.26. The largest absolute Gasteiger partial charge is 0.459 e. The number of nitrogens with one attached hydrogen (secondary N) is 1. The van der Waals surface area contributed by atoms with Crippen LogP contribution in [0.25, 0.3) is 22.2 Å². The summed E-state index contributed by atoms with van der Waals surface area (Å²) in [5.41, 5.74) is 3.59. The van der Waals surface area contributed by atoms with Crippen LogP contribution in [-0.4, -0.2) is 34.6 Å². The standard InChI is InChI=1S/C19H22N2O2/c1-21-8-2-3-15(21)9-14-11-20-18-6-4-13(10-17(14)18)19-7-5-16(12-22)23-19/h4-7,10-11,15,20,22H,2-3,8-9,12H2,1H3/t15-/m1/s1. The van der Waals surface area contributed by atoms with E-state index in [1.165, 1.54) is 35.9 Å². The Morgan fingerprint density at radius 3 is 2.96 bits per heavy atom. The first kappa shape index (κ1) is 14.5. The first-order chi connectivity index (χ1) is 11.2. The van der Waals surface area contributed by atoms with Crippen LogP contribution < -0.4 is 0 Å². The molecule has 4 nitrogen and oxygen atoms in total. The van der Waals surface area contributed by atoms with Gasteiger partial charge in [-0.05, 0) is 68.8 Å². The summed E-state index contributed by atoms with van der Waals surface area (Å²) >= 11 is 0. The Balaban J connectivity index is 1.68. The van der Waals surface area contributed by atoms with Gasteiger partial charge in [-0.3, -0.25) is 0 Å². The zero-order chi connectivity index (χ0) is 15.8. The van der Waals surface area contributed by atoms with E-state index in [4.69, 9.17) is 9.52 Å². The van der Waals surface area contributed by atoms with E-state index in [0.29, 0.717) is 11.8 Å². The number of aliphatic hydroxyl groups excluding tert-OH is 1. The van der Waals surface area contributed by atoms with E-state index in [1.54, 1.807) is 0 Å². The Labute approximate surface area is 135 Å². The molecule has 3 heterocycles. The highest BCUT2D eigenvalue weighted by Gasteiger charge is 2.22. The van der Waals surface area contributed by atoms with Crippen LogP contribution in [0, 0.1) is 0 Å². The molecular formula is C19H22N2O2. The lowest BCUT2D eigenvalue weighted by Gasteiger charge is -2.18. The van der Waals surface area contributed by atoms with Crippen LogP contribution in [0.2, 0.25) is 0 Å². The number of nitrogens with zero attached hydrogens (tertiary/aromatic N) is 1. The first-order valence-corrected chi connectivity index (χ1v) is 8.25. The maximum atomic E-state index is 9.16. The van der Waals surface area contributed by atoms with E-state index in [2.05, 4.69) is 41.3 Å². The summed E-state index contributed by atoms with van der Waals surface area (Å²) in [6, 6.07) is 10.7. The summed E-state index contributed by atoms with van der Waals surface area (Å²) in [7, 11) is 2.22. The molecule has 0 unspecified atom stereocenters. The Morgan fingerprint density at radius 1 is 1.30 bits per heavy atom. The van der Waals surface area contributed by atoms with Crippen molar-refractivity contribution in [3.8, 4) is 11.3 Å². The van der Waals surface area contributed by atoms with Crippen LogP contribution in [0.15, 0.2) is 40.9 Å². The average molecular weight is 310 g/mol. The van der Waals surface area contributed by atoms with E-state index in [1.807, 2.05) is 12.1 Å². The summed E-state index contributed by atoms with van der Waals surface area (Å²) < 4.78 is 5.67. The minimum atomic E-state index is -0.0638. The van der Waals surface area contributed by atoms with Gasteiger partial charge in [-0.25, -0.2) is 0 Å². The fraction of sp³-hybridized carbons (Fsp3) is 0.368. The van der Waals surface area contributed by atoms with Crippen LogP contribution in [-0.2, 0) is 13.0 Å². The third kappa shape index (κ3) is 2.69. The van der Waals surface area contributed by atoms with Gasteiger partial charge in [0.05, 0.1) is 0 Å². The molecule has 1 atom stereocenters. The zero-order valence-electron chi connectivity index (χ0n) is 13.4. The van der Waals surface area contributed by atoms with Gasteiger partial charge in [0.2, 0.25) is 0 Å². The molecule has 0 bridgehead atoms. The second kappa shape index (κ2) is 5.87. The topological polar surface area (TPSA) is 52.4 Å². The third-order valence-electron chi connectivity index (χ3n) is 5.00. The summed E-state index contributed by atoms with van der Waals surface area (Å²) in [4.78, 5) is 5.84. The normalized spacial score (nSPS) is 19.0. The number of benzene rings is 1. The molecular weight excluding hydrogens is 288 g/mol. The minimum absolute atomic E-state index is 0.0638. The molecule has 0 amide bonds. The molecule has 120 valence electrons. The van der Waals surface area contributed by atoms with Crippen molar-refractivity contribution in [2.45, 2.75) is 31.9 Å². The van der Waals surface area contributed by atoms with E-state index in [-0.39, 0.29) is 6.61 Å². The number of likely N-dealkylation sites (N-methyl/N-ethyl adjacent to an activating group) is 1. The van der Waals surface area contributed by atoms with Crippen LogP contribution in [0.1, 0.15) is 24.2 Å². The van der Waals surface area contributed by atoms with Crippen LogP contribution in [0.5, 0.6) is 0 Å². The molecule has 0 aliphatic carbocycles. The van der Waals surface area contributed by atoms with E-state index in [0.717, 1.165) is 17.7 Å². The van der Waals surface area contributed by atoms with Gasteiger partial charge in [0.1, 0.15) is 18.1 Å². The molecule has 2 N–H and O–H groups in total.